The fourth-order valence-electron chi connectivity index (χ4n) is 2.13. The van der Waals surface area contributed by atoms with Crippen LogP contribution in [-0.4, -0.2) is 9.97 Å². The maximum Gasteiger partial charge on any atom is 0.0851 e. The maximum absolute atomic E-state index is 3.51. The van der Waals surface area contributed by atoms with E-state index in [4.69, 9.17) is 0 Å². The van der Waals surface area contributed by atoms with Gasteiger partial charge in [-0.05, 0) is 42.5 Å². The van der Waals surface area contributed by atoms with Crippen molar-refractivity contribution in [3.05, 3.63) is 84.5 Å². The Balaban J connectivity index is 1.81. The van der Waals surface area contributed by atoms with E-state index in [9.17, 15) is 0 Å². The number of nitrogens with one attached hydrogen (secondary N) is 3. The summed E-state index contributed by atoms with van der Waals surface area (Å²) in [5.41, 5.74) is 3.33. The summed E-state index contributed by atoms with van der Waals surface area (Å²) in [5.74, 6) is 0. The zero-order valence-corrected chi connectivity index (χ0v) is 11.1. The van der Waals surface area contributed by atoms with Crippen LogP contribution in [0.4, 0.5) is 5.69 Å². The number of benzene rings is 1. The van der Waals surface area contributed by atoms with Crippen molar-refractivity contribution < 1.29 is 0 Å². The molecular formula is C17H17N3. The summed E-state index contributed by atoms with van der Waals surface area (Å²) in [6, 6.07) is 18.5. The third-order valence-electron chi connectivity index (χ3n) is 3.14. The summed E-state index contributed by atoms with van der Waals surface area (Å²) in [6.45, 7) is 0. The molecule has 3 heteroatoms. The van der Waals surface area contributed by atoms with Crippen LogP contribution in [0, 0.1) is 0 Å². The lowest BCUT2D eigenvalue weighted by molar-refractivity contribution is 0.941. The van der Waals surface area contributed by atoms with Crippen LogP contribution in [0.5, 0.6) is 0 Å². The van der Waals surface area contributed by atoms with Crippen molar-refractivity contribution in [3.8, 4) is 0 Å². The molecule has 0 amide bonds. The first-order valence-electron chi connectivity index (χ1n) is 6.68. The van der Waals surface area contributed by atoms with E-state index in [1.807, 2.05) is 48.8 Å². The van der Waals surface area contributed by atoms with Gasteiger partial charge in [0.15, 0.2) is 0 Å². The van der Waals surface area contributed by atoms with E-state index in [0.29, 0.717) is 0 Å². The molecule has 0 aliphatic rings. The summed E-state index contributed by atoms with van der Waals surface area (Å²) in [7, 11) is 0. The summed E-state index contributed by atoms with van der Waals surface area (Å²) in [5, 5.41) is 3.51. The van der Waals surface area contributed by atoms with Gasteiger partial charge in [-0.25, -0.2) is 0 Å². The average molecular weight is 263 g/mol. The van der Waals surface area contributed by atoms with Crippen LogP contribution >= 0.6 is 0 Å². The topological polar surface area (TPSA) is 43.6 Å². The van der Waals surface area contributed by atoms with E-state index in [1.165, 1.54) is 0 Å². The molecule has 20 heavy (non-hydrogen) atoms. The fraction of sp³-hybridized carbons (Fsp3) is 0.0588. The number of hydrogen-bond donors (Lipinski definition) is 3. The van der Waals surface area contributed by atoms with E-state index in [2.05, 4.69) is 45.6 Å². The number of H-pyrrole nitrogens is 2. The van der Waals surface area contributed by atoms with Crippen LogP contribution in [0.15, 0.2) is 73.1 Å². The molecule has 0 saturated heterocycles. The van der Waals surface area contributed by atoms with Crippen molar-refractivity contribution in [2.45, 2.75) is 6.04 Å². The molecule has 0 bridgehead atoms. The van der Waals surface area contributed by atoms with Gasteiger partial charge < -0.3 is 15.3 Å². The Morgan fingerprint density at radius 2 is 1.65 bits per heavy atom. The standard InChI is InChI=1S/C17H17N3/c1-2-6-15(7-3-1)20-17(16-9-5-13-19-16)11-10-14-8-4-12-18-14/h1-13,17-20H. The normalized spacial score (nSPS) is 12.6. The third kappa shape index (κ3) is 3.01. The molecule has 100 valence electrons. The molecule has 3 rings (SSSR count). The Hall–Kier alpha value is -2.68. The fourth-order valence-corrected chi connectivity index (χ4v) is 2.13. The van der Waals surface area contributed by atoms with Gasteiger partial charge in [-0.3, -0.25) is 0 Å². The highest BCUT2D eigenvalue weighted by Gasteiger charge is 2.08. The molecule has 0 radical (unpaired) electrons. The summed E-state index contributed by atoms with van der Waals surface area (Å²) >= 11 is 0. The van der Waals surface area contributed by atoms with Crippen molar-refractivity contribution in [2.24, 2.45) is 0 Å². The number of para-hydroxylation sites is 1. The summed E-state index contributed by atoms with van der Waals surface area (Å²) in [4.78, 5) is 6.44. The molecule has 1 unspecified atom stereocenters. The van der Waals surface area contributed by atoms with Gasteiger partial charge in [-0.15, -0.1) is 0 Å². The van der Waals surface area contributed by atoms with Gasteiger partial charge in [0.25, 0.3) is 0 Å². The van der Waals surface area contributed by atoms with Crippen LogP contribution < -0.4 is 5.32 Å². The maximum atomic E-state index is 3.51. The van der Waals surface area contributed by atoms with Crippen molar-refractivity contribution in [1.82, 2.24) is 9.97 Å². The number of rotatable bonds is 5. The number of aromatic amines is 2. The molecule has 3 nitrogen and oxygen atoms in total. The molecule has 3 aromatic rings. The van der Waals surface area contributed by atoms with E-state index in [-0.39, 0.29) is 6.04 Å². The van der Waals surface area contributed by atoms with Crippen LogP contribution in [0.2, 0.25) is 0 Å². The second-order valence-corrected chi connectivity index (χ2v) is 4.60. The first-order chi connectivity index (χ1) is 9.92. The first kappa shape index (κ1) is 12.4. The number of aromatic nitrogens is 2. The molecule has 0 aliphatic heterocycles. The van der Waals surface area contributed by atoms with Crippen molar-refractivity contribution in [2.75, 3.05) is 5.32 Å². The second kappa shape index (κ2) is 5.97. The lowest BCUT2D eigenvalue weighted by Crippen LogP contribution is -2.08. The summed E-state index contributed by atoms with van der Waals surface area (Å²) in [6.07, 6.45) is 8.09. The van der Waals surface area contributed by atoms with Gasteiger partial charge in [0.2, 0.25) is 0 Å². The second-order valence-electron chi connectivity index (χ2n) is 4.60. The molecule has 1 aromatic carbocycles. The molecule has 0 fully saturated rings. The largest absolute Gasteiger partial charge is 0.373 e. The summed E-state index contributed by atoms with van der Waals surface area (Å²) < 4.78 is 0. The molecular weight excluding hydrogens is 246 g/mol. The molecule has 2 heterocycles. The molecule has 0 saturated carbocycles. The lowest BCUT2D eigenvalue weighted by atomic mass is 10.1. The highest BCUT2D eigenvalue weighted by molar-refractivity contribution is 5.51. The molecule has 0 aliphatic carbocycles. The van der Waals surface area contributed by atoms with Gasteiger partial charge in [0, 0.05) is 29.5 Å². The van der Waals surface area contributed by atoms with E-state index < -0.39 is 0 Å². The predicted octanol–water partition coefficient (Wildman–Crippen LogP) is 4.21. The van der Waals surface area contributed by atoms with Crippen molar-refractivity contribution >= 4 is 11.8 Å². The van der Waals surface area contributed by atoms with E-state index in [0.717, 1.165) is 17.1 Å². The number of hydrogen-bond acceptors (Lipinski definition) is 1. The zero-order valence-electron chi connectivity index (χ0n) is 11.1. The van der Waals surface area contributed by atoms with Crippen molar-refractivity contribution in [1.29, 1.82) is 0 Å². The highest BCUT2D eigenvalue weighted by atomic mass is 14.9. The first-order valence-corrected chi connectivity index (χ1v) is 6.68. The van der Waals surface area contributed by atoms with Crippen LogP contribution in [0.3, 0.4) is 0 Å². The Bertz CT molecular complexity index is 637. The Labute approximate surface area is 118 Å². The van der Waals surface area contributed by atoms with Crippen LogP contribution in [0.1, 0.15) is 17.4 Å². The number of anilines is 1. The monoisotopic (exact) mass is 263 g/mol. The minimum atomic E-state index is 0.107. The smallest absolute Gasteiger partial charge is 0.0851 e. The minimum Gasteiger partial charge on any atom is -0.373 e. The minimum absolute atomic E-state index is 0.107. The van der Waals surface area contributed by atoms with Crippen molar-refractivity contribution in [3.63, 3.8) is 0 Å². The predicted molar refractivity (Wildman–Crippen MR) is 83.4 cm³/mol. The molecule has 1 atom stereocenters. The van der Waals surface area contributed by atoms with Gasteiger partial charge in [-0.1, -0.05) is 24.3 Å². The zero-order chi connectivity index (χ0) is 13.6. The molecule has 2 aromatic heterocycles. The third-order valence-corrected chi connectivity index (χ3v) is 3.14. The van der Waals surface area contributed by atoms with E-state index >= 15 is 0 Å². The Kier molecular flexibility index (Phi) is 3.69. The SMILES string of the molecule is C(=CC(Nc1ccccc1)c1ccc[nH]1)c1ccc[nH]1. The quantitative estimate of drug-likeness (QED) is 0.634. The lowest BCUT2D eigenvalue weighted by Gasteiger charge is -2.15. The Morgan fingerprint density at radius 1 is 0.850 bits per heavy atom. The Morgan fingerprint density at radius 3 is 2.35 bits per heavy atom. The van der Waals surface area contributed by atoms with Crippen LogP contribution in [0.25, 0.3) is 6.08 Å². The van der Waals surface area contributed by atoms with Gasteiger partial charge in [-0.2, -0.15) is 0 Å². The molecule has 0 spiro atoms. The van der Waals surface area contributed by atoms with Gasteiger partial charge in [0.05, 0.1) is 6.04 Å². The van der Waals surface area contributed by atoms with E-state index in [1.54, 1.807) is 0 Å². The van der Waals surface area contributed by atoms with Gasteiger partial charge >= 0.3 is 0 Å². The highest BCUT2D eigenvalue weighted by Crippen LogP contribution is 2.20. The average Bonchev–Trinajstić information content (AvgIpc) is 3.18. The molecule has 3 N–H and O–H groups in total. The van der Waals surface area contributed by atoms with Gasteiger partial charge in [0.1, 0.15) is 0 Å². The van der Waals surface area contributed by atoms with Crippen LogP contribution in [-0.2, 0) is 0 Å².